The van der Waals surface area contributed by atoms with Crippen molar-refractivity contribution in [1.82, 2.24) is 5.32 Å². The average Bonchev–Trinajstić information content (AvgIpc) is 3.21. The second-order valence-electron chi connectivity index (χ2n) is 6.65. The minimum atomic E-state index is -0.788. The van der Waals surface area contributed by atoms with Crippen LogP contribution in [0, 0.1) is 0 Å². The molecule has 0 aliphatic carbocycles. The molecule has 0 aromatic heterocycles. The molecule has 148 valence electrons. The summed E-state index contributed by atoms with van der Waals surface area (Å²) in [7, 11) is 0. The molecule has 1 aliphatic heterocycles. The summed E-state index contributed by atoms with van der Waals surface area (Å²) in [5, 5.41) is 17.6. The van der Waals surface area contributed by atoms with Crippen molar-refractivity contribution in [2.75, 3.05) is 18.7 Å². The van der Waals surface area contributed by atoms with E-state index >= 15 is 0 Å². The zero-order valence-electron chi connectivity index (χ0n) is 15.6. The van der Waals surface area contributed by atoms with E-state index in [1.54, 1.807) is 18.2 Å². The molecule has 0 fully saturated rings. The van der Waals surface area contributed by atoms with Crippen LogP contribution in [0.2, 0.25) is 0 Å². The molecule has 0 radical (unpaired) electrons. The SMILES string of the molecule is O=C(NCCC(O)c1cccc2ccccc12)C(=O)Nc1ccc2c(c1)OCO2. The zero-order chi connectivity index (χ0) is 20.2. The Balaban J connectivity index is 1.30. The van der Waals surface area contributed by atoms with Gasteiger partial charge in [0, 0.05) is 18.3 Å². The van der Waals surface area contributed by atoms with Gasteiger partial charge in [-0.05, 0) is 34.9 Å². The van der Waals surface area contributed by atoms with Gasteiger partial charge in [-0.25, -0.2) is 0 Å². The molecule has 3 N–H and O–H groups in total. The number of amides is 2. The maximum atomic E-state index is 12.1. The monoisotopic (exact) mass is 392 g/mol. The lowest BCUT2D eigenvalue weighted by Crippen LogP contribution is -2.36. The van der Waals surface area contributed by atoms with Crippen LogP contribution in [0.1, 0.15) is 18.1 Å². The molecule has 4 rings (SSSR count). The van der Waals surface area contributed by atoms with Crippen LogP contribution >= 0.6 is 0 Å². The van der Waals surface area contributed by atoms with Crippen LogP contribution in [0.3, 0.4) is 0 Å². The Labute approximate surface area is 167 Å². The second kappa shape index (κ2) is 8.20. The Morgan fingerprint density at radius 3 is 2.66 bits per heavy atom. The number of carbonyl (C=O) groups is 2. The molecular formula is C22H20N2O5. The van der Waals surface area contributed by atoms with Crippen LogP contribution in [0.25, 0.3) is 10.8 Å². The summed E-state index contributed by atoms with van der Waals surface area (Å²) < 4.78 is 10.4. The summed E-state index contributed by atoms with van der Waals surface area (Å²) in [6.45, 7) is 0.296. The van der Waals surface area contributed by atoms with Gasteiger partial charge >= 0.3 is 11.8 Å². The van der Waals surface area contributed by atoms with Crippen LogP contribution in [0.5, 0.6) is 11.5 Å². The molecule has 3 aromatic rings. The van der Waals surface area contributed by atoms with Crippen molar-refractivity contribution in [3.63, 3.8) is 0 Å². The minimum absolute atomic E-state index is 0.131. The lowest BCUT2D eigenvalue weighted by atomic mass is 9.99. The second-order valence-corrected chi connectivity index (χ2v) is 6.65. The molecule has 0 saturated heterocycles. The molecule has 0 saturated carbocycles. The van der Waals surface area contributed by atoms with E-state index in [2.05, 4.69) is 10.6 Å². The smallest absolute Gasteiger partial charge is 0.313 e. The van der Waals surface area contributed by atoms with Gasteiger partial charge in [-0.3, -0.25) is 9.59 Å². The largest absolute Gasteiger partial charge is 0.454 e. The molecule has 2 amide bonds. The fraction of sp³-hybridized carbons (Fsp3) is 0.182. The number of aliphatic hydroxyl groups is 1. The summed E-state index contributed by atoms with van der Waals surface area (Å²) in [4.78, 5) is 24.1. The molecule has 1 atom stereocenters. The molecule has 0 spiro atoms. The van der Waals surface area contributed by atoms with E-state index in [1.807, 2.05) is 42.5 Å². The molecule has 3 aromatic carbocycles. The summed E-state index contributed by atoms with van der Waals surface area (Å²) in [6, 6.07) is 18.4. The van der Waals surface area contributed by atoms with E-state index in [1.165, 1.54) is 0 Å². The maximum Gasteiger partial charge on any atom is 0.313 e. The van der Waals surface area contributed by atoms with Crippen molar-refractivity contribution < 1.29 is 24.2 Å². The van der Waals surface area contributed by atoms with Gasteiger partial charge in [-0.1, -0.05) is 42.5 Å². The Kier molecular flexibility index (Phi) is 5.31. The third kappa shape index (κ3) is 4.14. The minimum Gasteiger partial charge on any atom is -0.454 e. The topological polar surface area (TPSA) is 96.9 Å². The van der Waals surface area contributed by atoms with E-state index in [9.17, 15) is 14.7 Å². The number of hydrogen-bond acceptors (Lipinski definition) is 5. The number of nitrogens with one attached hydrogen (secondary N) is 2. The van der Waals surface area contributed by atoms with E-state index in [0.717, 1.165) is 16.3 Å². The molecule has 7 heteroatoms. The number of anilines is 1. The number of fused-ring (bicyclic) bond motifs is 2. The number of aliphatic hydroxyl groups excluding tert-OH is 1. The molecule has 1 unspecified atom stereocenters. The van der Waals surface area contributed by atoms with Gasteiger partial charge in [0.1, 0.15) is 0 Å². The molecule has 7 nitrogen and oxygen atoms in total. The molecule has 29 heavy (non-hydrogen) atoms. The lowest BCUT2D eigenvalue weighted by Gasteiger charge is -2.14. The summed E-state index contributed by atoms with van der Waals surface area (Å²) in [5.74, 6) is -0.451. The van der Waals surface area contributed by atoms with Crippen molar-refractivity contribution in [1.29, 1.82) is 0 Å². The highest BCUT2D eigenvalue weighted by Gasteiger charge is 2.18. The van der Waals surface area contributed by atoms with Gasteiger partial charge in [0.05, 0.1) is 6.10 Å². The van der Waals surface area contributed by atoms with Crippen molar-refractivity contribution in [3.05, 3.63) is 66.2 Å². The van der Waals surface area contributed by atoms with Crippen molar-refractivity contribution in [3.8, 4) is 11.5 Å². The molecular weight excluding hydrogens is 372 g/mol. The van der Waals surface area contributed by atoms with Crippen molar-refractivity contribution in [2.24, 2.45) is 0 Å². The highest BCUT2D eigenvalue weighted by molar-refractivity contribution is 6.39. The van der Waals surface area contributed by atoms with Gasteiger partial charge < -0.3 is 25.2 Å². The normalized spacial score (nSPS) is 13.1. The number of carbonyl (C=O) groups excluding carboxylic acids is 2. The predicted octanol–water partition coefficient (Wildman–Crippen LogP) is 2.75. The quantitative estimate of drug-likeness (QED) is 0.580. The van der Waals surface area contributed by atoms with E-state index in [0.29, 0.717) is 17.2 Å². The van der Waals surface area contributed by atoms with Crippen molar-refractivity contribution >= 4 is 28.3 Å². The predicted molar refractivity (Wildman–Crippen MR) is 108 cm³/mol. The third-order valence-electron chi connectivity index (χ3n) is 4.72. The first-order valence-electron chi connectivity index (χ1n) is 9.26. The Morgan fingerprint density at radius 1 is 0.966 bits per heavy atom. The van der Waals surface area contributed by atoms with Gasteiger partial charge in [0.2, 0.25) is 6.79 Å². The van der Waals surface area contributed by atoms with E-state index in [4.69, 9.17) is 9.47 Å². The molecule has 0 bridgehead atoms. The highest BCUT2D eigenvalue weighted by Crippen LogP contribution is 2.34. The molecule has 1 aliphatic rings. The fourth-order valence-corrected chi connectivity index (χ4v) is 3.26. The number of benzene rings is 3. The van der Waals surface area contributed by atoms with Gasteiger partial charge in [-0.15, -0.1) is 0 Å². The maximum absolute atomic E-state index is 12.1. The first-order chi connectivity index (χ1) is 14.1. The fourth-order valence-electron chi connectivity index (χ4n) is 3.26. The summed E-state index contributed by atoms with van der Waals surface area (Å²) in [6.07, 6.45) is -0.463. The van der Waals surface area contributed by atoms with E-state index < -0.39 is 17.9 Å². The van der Waals surface area contributed by atoms with Crippen LogP contribution in [0.15, 0.2) is 60.7 Å². The van der Waals surface area contributed by atoms with Crippen LogP contribution in [-0.4, -0.2) is 30.3 Å². The third-order valence-corrected chi connectivity index (χ3v) is 4.72. The standard InChI is InChI=1S/C22H20N2O5/c25-18(17-7-3-5-14-4-1-2-6-16(14)17)10-11-23-21(26)22(27)24-15-8-9-19-20(12-15)29-13-28-19/h1-9,12,18,25H,10-11,13H2,(H,23,26)(H,24,27). The Bertz CT molecular complexity index is 1060. The number of hydrogen-bond donors (Lipinski definition) is 3. The Morgan fingerprint density at radius 2 is 1.76 bits per heavy atom. The summed E-state index contributed by atoms with van der Waals surface area (Å²) in [5.41, 5.74) is 1.23. The Hall–Kier alpha value is -3.58. The van der Waals surface area contributed by atoms with Gasteiger partial charge in [0.25, 0.3) is 0 Å². The number of rotatable bonds is 5. The first-order valence-corrected chi connectivity index (χ1v) is 9.26. The van der Waals surface area contributed by atoms with Crippen LogP contribution in [0.4, 0.5) is 5.69 Å². The van der Waals surface area contributed by atoms with Crippen LogP contribution < -0.4 is 20.1 Å². The average molecular weight is 392 g/mol. The molecule has 1 heterocycles. The summed E-state index contributed by atoms with van der Waals surface area (Å²) >= 11 is 0. The van der Waals surface area contributed by atoms with Gasteiger partial charge in [0.15, 0.2) is 11.5 Å². The van der Waals surface area contributed by atoms with Gasteiger partial charge in [-0.2, -0.15) is 0 Å². The first kappa shape index (κ1) is 18.8. The number of ether oxygens (including phenoxy) is 2. The van der Waals surface area contributed by atoms with E-state index in [-0.39, 0.29) is 19.8 Å². The zero-order valence-corrected chi connectivity index (χ0v) is 15.6. The lowest BCUT2D eigenvalue weighted by molar-refractivity contribution is -0.136. The van der Waals surface area contributed by atoms with Crippen molar-refractivity contribution in [2.45, 2.75) is 12.5 Å². The van der Waals surface area contributed by atoms with Crippen LogP contribution in [-0.2, 0) is 9.59 Å². The highest BCUT2D eigenvalue weighted by atomic mass is 16.7.